The van der Waals surface area contributed by atoms with Gasteiger partial charge in [0.25, 0.3) is 0 Å². The van der Waals surface area contributed by atoms with Crippen LogP contribution in [0.25, 0.3) is 0 Å². The molecule has 0 amide bonds. The Labute approximate surface area is 157 Å². The fourth-order valence-corrected chi connectivity index (χ4v) is 4.08. The lowest BCUT2D eigenvalue weighted by Crippen LogP contribution is -2.55. The molecule has 0 aliphatic carbocycles. The maximum absolute atomic E-state index is 12.2. The van der Waals surface area contributed by atoms with Gasteiger partial charge in [-0.1, -0.05) is 57.4 Å². The highest BCUT2D eigenvalue weighted by atomic mass is 32.2. The van der Waals surface area contributed by atoms with Crippen LogP contribution in [0.5, 0.6) is 0 Å². The second-order valence-corrected chi connectivity index (χ2v) is 9.53. The molecule has 0 saturated carbocycles. The van der Waals surface area contributed by atoms with Crippen molar-refractivity contribution in [3.05, 3.63) is 0 Å². The van der Waals surface area contributed by atoms with Gasteiger partial charge in [-0.2, -0.15) is 4.31 Å². The zero-order valence-electron chi connectivity index (χ0n) is 14.0. The van der Waals surface area contributed by atoms with E-state index >= 15 is 0 Å². The van der Waals surface area contributed by atoms with Crippen LogP contribution in [0, 0.1) is 10.8 Å². The maximum atomic E-state index is 12.2. The Morgan fingerprint density at radius 1 is 1.04 bits per heavy atom. The molecule has 1 aliphatic heterocycles. The quantitative estimate of drug-likeness (QED) is 0.804. The van der Waals surface area contributed by atoms with Crippen LogP contribution in [0.3, 0.4) is 0 Å². The Hall–Kier alpha value is -0.660. The molecule has 25 heavy (non-hydrogen) atoms. The molecule has 1 saturated heterocycles. The second kappa shape index (κ2) is 9.88. The van der Waals surface area contributed by atoms with Crippen LogP contribution in [0.2, 0.25) is 0 Å². The molecule has 0 radical (unpaired) electrons. The number of rotatable bonds is 3. The van der Waals surface area contributed by atoms with Crippen LogP contribution in [0.1, 0.15) is 63.8 Å². The van der Waals surface area contributed by atoms with E-state index in [1.54, 1.807) is 14.1 Å². The van der Waals surface area contributed by atoms with E-state index in [2.05, 4.69) is 13.8 Å². The summed E-state index contributed by atoms with van der Waals surface area (Å²) in [7, 11) is -0.00312. The summed E-state index contributed by atoms with van der Waals surface area (Å²) < 4.78 is 25.5. The van der Waals surface area contributed by atoms with E-state index in [9.17, 15) is 18.3 Å². The van der Waals surface area contributed by atoms with E-state index in [1.165, 1.54) is 0 Å². The first-order valence-corrected chi connectivity index (χ1v) is 8.91. The largest absolute Gasteiger partial charge is 0.480 e. The van der Waals surface area contributed by atoms with Crippen LogP contribution < -0.4 is 0 Å². The Bertz CT molecular complexity index is 513. The van der Waals surface area contributed by atoms with Gasteiger partial charge in [-0.25, -0.2) is 8.42 Å². The lowest BCUT2D eigenvalue weighted by molar-refractivity contribution is -0.143. The van der Waals surface area contributed by atoms with Crippen molar-refractivity contribution < 1.29 is 18.3 Å². The summed E-state index contributed by atoms with van der Waals surface area (Å²) in [5.41, 5.74) is -0.510. The van der Waals surface area contributed by atoms with Crippen molar-refractivity contribution in [2.75, 3.05) is 26.9 Å². The van der Waals surface area contributed by atoms with E-state index in [-0.39, 0.29) is 53.1 Å². The van der Waals surface area contributed by atoms with Crippen molar-refractivity contribution >= 4 is 16.0 Å². The molecule has 1 heterocycles. The number of carboxylic acids is 1. The number of hydrogen-bond donors (Lipinski definition) is 1. The van der Waals surface area contributed by atoms with Gasteiger partial charge >= 0.3 is 5.97 Å². The standard InChI is InChI=1S/C14H28N2O4S.4CH4/c1-13(2)8-10(15(5)6)11(12(17)18)16(21(7,19)20)9-14(13,3)4;;;;/h10-11H,8-9H2,1-7H3,(H,17,18);4*1H4. The van der Waals surface area contributed by atoms with Gasteiger partial charge in [-0.3, -0.25) is 4.79 Å². The third kappa shape index (κ3) is 6.53. The molecule has 2 atom stereocenters. The highest BCUT2D eigenvalue weighted by Crippen LogP contribution is 2.47. The number of carboxylic acid groups (broad SMARTS) is 1. The van der Waals surface area contributed by atoms with Gasteiger partial charge in [0.1, 0.15) is 6.04 Å². The third-order valence-corrected chi connectivity index (χ3v) is 6.33. The molecule has 0 spiro atoms. The normalized spacial score (nSPS) is 25.3. The van der Waals surface area contributed by atoms with Crippen molar-refractivity contribution in [2.45, 2.75) is 75.9 Å². The highest BCUT2D eigenvalue weighted by Gasteiger charge is 2.51. The first-order chi connectivity index (χ1) is 9.21. The zero-order valence-corrected chi connectivity index (χ0v) is 14.9. The molecule has 0 aromatic carbocycles. The molecule has 2 unspecified atom stereocenters. The Balaban J connectivity index is -0.000000551. The lowest BCUT2D eigenvalue weighted by atomic mass is 9.65. The van der Waals surface area contributed by atoms with Crippen LogP contribution >= 0.6 is 0 Å². The van der Waals surface area contributed by atoms with E-state index in [1.807, 2.05) is 18.7 Å². The zero-order chi connectivity index (χ0) is 16.8. The minimum Gasteiger partial charge on any atom is -0.480 e. The van der Waals surface area contributed by atoms with E-state index < -0.39 is 22.0 Å². The van der Waals surface area contributed by atoms with Gasteiger partial charge in [-0.15, -0.1) is 0 Å². The number of sulfonamides is 1. The number of carbonyl (C=O) groups is 1. The lowest BCUT2D eigenvalue weighted by Gasteiger charge is -2.42. The Kier molecular flexibility index (Phi) is 12.7. The predicted octanol–water partition coefficient (Wildman–Crippen LogP) is 3.63. The summed E-state index contributed by atoms with van der Waals surface area (Å²) in [4.78, 5) is 13.6. The highest BCUT2D eigenvalue weighted by molar-refractivity contribution is 7.88. The third-order valence-electron chi connectivity index (χ3n) is 5.12. The molecule has 0 aromatic heterocycles. The van der Waals surface area contributed by atoms with E-state index in [0.29, 0.717) is 6.42 Å². The summed E-state index contributed by atoms with van der Waals surface area (Å²) in [5.74, 6) is -1.09. The van der Waals surface area contributed by atoms with Crippen LogP contribution in [-0.2, 0) is 14.8 Å². The van der Waals surface area contributed by atoms with Gasteiger partial charge in [0, 0.05) is 12.6 Å². The fourth-order valence-electron chi connectivity index (χ4n) is 2.88. The van der Waals surface area contributed by atoms with Gasteiger partial charge in [0.2, 0.25) is 10.0 Å². The first-order valence-electron chi connectivity index (χ1n) is 7.07. The predicted molar refractivity (Wildman–Crippen MR) is 110 cm³/mol. The van der Waals surface area contributed by atoms with Gasteiger partial charge in [0.15, 0.2) is 0 Å². The molecule has 1 aliphatic rings. The van der Waals surface area contributed by atoms with Crippen molar-refractivity contribution in [1.29, 1.82) is 0 Å². The van der Waals surface area contributed by atoms with E-state index in [4.69, 9.17) is 0 Å². The summed E-state index contributed by atoms with van der Waals surface area (Å²) in [6, 6.07) is -1.43. The van der Waals surface area contributed by atoms with E-state index in [0.717, 1.165) is 10.6 Å². The number of likely N-dealkylation sites (N-methyl/N-ethyl adjacent to an activating group) is 1. The van der Waals surface area contributed by atoms with Crippen LogP contribution in [0.4, 0.5) is 0 Å². The van der Waals surface area contributed by atoms with Crippen molar-refractivity contribution in [3.63, 3.8) is 0 Å². The fraction of sp³-hybridized carbons (Fsp3) is 0.944. The minimum absolute atomic E-state index is 0. The summed E-state index contributed by atoms with van der Waals surface area (Å²) in [6.45, 7) is 8.37. The molecular weight excluding hydrogens is 340 g/mol. The topological polar surface area (TPSA) is 77.9 Å². The van der Waals surface area contributed by atoms with Crippen LogP contribution in [0.15, 0.2) is 0 Å². The van der Waals surface area contributed by atoms with Gasteiger partial charge < -0.3 is 10.0 Å². The molecule has 1 N–H and O–H groups in total. The molecule has 1 rings (SSSR count). The number of hydrogen-bond acceptors (Lipinski definition) is 4. The number of aliphatic carboxylic acids is 1. The van der Waals surface area contributed by atoms with Gasteiger partial charge in [0.05, 0.1) is 6.26 Å². The SMILES string of the molecule is C.C.C.C.CN(C)C1CC(C)(C)C(C)(C)CN(S(C)(=O)=O)C1C(=O)O. The average molecular weight is 385 g/mol. The maximum Gasteiger partial charge on any atom is 0.323 e. The molecule has 0 aromatic rings. The monoisotopic (exact) mass is 384 g/mol. The molecule has 7 heteroatoms. The van der Waals surface area contributed by atoms with Gasteiger partial charge in [-0.05, 0) is 31.3 Å². The second-order valence-electron chi connectivity index (χ2n) is 7.59. The summed E-state index contributed by atoms with van der Waals surface area (Å²) >= 11 is 0. The smallest absolute Gasteiger partial charge is 0.323 e. The van der Waals surface area contributed by atoms with Crippen molar-refractivity contribution in [2.24, 2.45) is 10.8 Å². The Morgan fingerprint density at radius 3 is 1.72 bits per heavy atom. The summed E-state index contributed by atoms with van der Waals surface area (Å²) in [6.07, 6.45) is 1.71. The van der Waals surface area contributed by atoms with Crippen LogP contribution in [-0.4, -0.2) is 67.7 Å². The molecule has 0 bridgehead atoms. The molecule has 156 valence electrons. The average Bonchev–Trinajstić information content (AvgIpc) is 2.31. The molecule has 6 nitrogen and oxygen atoms in total. The summed E-state index contributed by atoms with van der Waals surface area (Å²) in [5, 5.41) is 9.62. The van der Waals surface area contributed by atoms with Crippen molar-refractivity contribution in [3.8, 4) is 0 Å². The van der Waals surface area contributed by atoms with Crippen molar-refractivity contribution in [1.82, 2.24) is 9.21 Å². The number of nitrogens with zero attached hydrogens (tertiary/aromatic N) is 2. The molecule has 1 fully saturated rings. The molecular formula is C18H44N2O4S. The Morgan fingerprint density at radius 2 is 1.44 bits per heavy atom. The minimum atomic E-state index is -3.61. The first kappa shape index (κ1) is 32.0.